The van der Waals surface area contributed by atoms with Gasteiger partial charge in [0.2, 0.25) is 21.8 Å². The maximum atomic E-state index is 13.7. The monoisotopic (exact) mass is 575 g/mol. The molecule has 0 fully saturated rings. The summed E-state index contributed by atoms with van der Waals surface area (Å²) < 4.78 is 26.5. The van der Waals surface area contributed by atoms with E-state index >= 15 is 0 Å². The summed E-state index contributed by atoms with van der Waals surface area (Å²) in [4.78, 5) is 28.2. The van der Waals surface area contributed by atoms with E-state index in [0.717, 1.165) is 10.6 Å². The van der Waals surface area contributed by atoms with Crippen molar-refractivity contribution in [3.63, 3.8) is 0 Å². The molecular weight excluding hydrogens is 545 g/mol. The van der Waals surface area contributed by atoms with Crippen LogP contribution in [0.5, 0.6) is 0 Å². The van der Waals surface area contributed by atoms with Crippen LogP contribution in [0.2, 0.25) is 15.1 Å². The number of hydrogen-bond donors (Lipinski definition) is 1. The highest BCUT2D eigenvalue weighted by Crippen LogP contribution is 2.28. The summed E-state index contributed by atoms with van der Waals surface area (Å²) in [5, 5.41) is 3.98. The first-order chi connectivity index (χ1) is 16.7. The first-order valence-electron chi connectivity index (χ1n) is 11.5. The van der Waals surface area contributed by atoms with E-state index in [0.29, 0.717) is 44.8 Å². The Bertz CT molecular complexity index is 1210. The van der Waals surface area contributed by atoms with Crippen LogP contribution in [0, 0.1) is 12.8 Å². The maximum absolute atomic E-state index is 13.7. The van der Waals surface area contributed by atoms with Crippen molar-refractivity contribution >= 4 is 62.3 Å². The number of aryl methyl sites for hydroxylation is 1. The Morgan fingerprint density at radius 1 is 1.03 bits per heavy atom. The molecule has 198 valence electrons. The van der Waals surface area contributed by atoms with Gasteiger partial charge in [0.1, 0.15) is 12.6 Å². The summed E-state index contributed by atoms with van der Waals surface area (Å²) in [5.41, 5.74) is 1.50. The largest absolute Gasteiger partial charge is 0.354 e. The van der Waals surface area contributed by atoms with Crippen molar-refractivity contribution in [1.82, 2.24) is 10.2 Å². The highest BCUT2D eigenvalue weighted by molar-refractivity contribution is 7.92. The van der Waals surface area contributed by atoms with Crippen LogP contribution in [0.15, 0.2) is 36.4 Å². The molecule has 2 aromatic carbocycles. The molecule has 2 aromatic rings. The van der Waals surface area contributed by atoms with Crippen molar-refractivity contribution in [1.29, 1.82) is 0 Å². The summed E-state index contributed by atoms with van der Waals surface area (Å²) in [6, 6.07) is 8.85. The predicted molar refractivity (Wildman–Crippen MR) is 147 cm³/mol. The lowest BCUT2D eigenvalue weighted by atomic mass is 10.1. The number of benzene rings is 2. The normalized spacial score (nSPS) is 12.4. The molecule has 0 saturated carbocycles. The van der Waals surface area contributed by atoms with Gasteiger partial charge in [0.05, 0.1) is 11.9 Å². The number of halogens is 3. The van der Waals surface area contributed by atoms with Crippen LogP contribution in [0.3, 0.4) is 0 Å². The SMILES string of the molecule is CCC(C(=O)NCC(C)C)N(Cc1ccc(Cl)cc1Cl)C(=O)CN(c1cc(Cl)ccc1C)S(C)(=O)=O. The number of nitrogens with one attached hydrogen (secondary N) is 1. The highest BCUT2D eigenvalue weighted by Gasteiger charge is 2.32. The van der Waals surface area contributed by atoms with Crippen LogP contribution in [0.4, 0.5) is 5.69 Å². The van der Waals surface area contributed by atoms with Crippen molar-refractivity contribution in [2.24, 2.45) is 5.92 Å². The van der Waals surface area contributed by atoms with Gasteiger partial charge in [0.25, 0.3) is 0 Å². The van der Waals surface area contributed by atoms with E-state index in [-0.39, 0.29) is 18.4 Å². The average molecular weight is 577 g/mol. The van der Waals surface area contributed by atoms with E-state index < -0.39 is 28.5 Å². The zero-order valence-electron chi connectivity index (χ0n) is 21.0. The number of carbonyl (C=O) groups is 2. The van der Waals surface area contributed by atoms with Gasteiger partial charge >= 0.3 is 0 Å². The van der Waals surface area contributed by atoms with Gasteiger partial charge in [0.15, 0.2) is 0 Å². The number of anilines is 1. The van der Waals surface area contributed by atoms with E-state index in [1.807, 2.05) is 13.8 Å². The van der Waals surface area contributed by atoms with Crippen molar-refractivity contribution in [2.75, 3.05) is 23.7 Å². The minimum atomic E-state index is -3.86. The molecule has 0 radical (unpaired) electrons. The van der Waals surface area contributed by atoms with Gasteiger partial charge in [0, 0.05) is 28.2 Å². The Morgan fingerprint density at radius 2 is 1.64 bits per heavy atom. The molecule has 0 aliphatic rings. The molecule has 0 aliphatic carbocycles. The summed E-state index contributed by atoms with van der Waals surface area (Å²) >= 11 is 18.5. The quantitative estimate of drug-likeness (QED) is 0.393. The van der Waals surface area contributed by atoms with Crippen LogP contribution in [-0.4, -0.2) is 50.5 Å². The molecule has 7 nitrogen and oxygen atoms in total. The lowest BCUT2D eigenvalue weighted by molar-refractivity contribution is -0.140. The van der Waals surface area contributed by atoms with Crippen molar-refractivity contribution < 1.29 is 18.0 Å². The van der Waals surface area contributed by atoms with E-state index in [2.05, 4.69) is 5.32 Å². The maximum Gasteiger partial charge on any atom is 0.244 e. The molecule has 36 heavy (non-hydrogen) atoms. The number of sulfonamides is 1. The van der Waals surface area contributed by atoms with Crippen LogP contribution in [-0.2, 0) is 26.2 Å². The van der Waals surface area contributed by atoms with Crippen LogP contribution < -0.4 is 9.62 Å². The van der Waals surface area contributed by atoms with Gasteiger partial charge in [-0.2, -0.15) is 0 Å². The lowest BCUT2D eigenvalue weighted by Gasteiger charge is -2.33. The van der Waals surface area contributed by atoms with Crippen LogP contribution in [0.25, 0.3) is 0 Å². The minimum Gasteiger partial charge on any atom is -0.354 e. The fraction of sp³-hybridized carbons (Fsp3) is 0.440. The Balaban J connectivity index is 2.50. The van der Waals surface area contributed by atoms with E-state index in [1.165, 1.54) is 11.0 Å². The van der Waals surface area contributed by atoms with E-state index in [9.17, 15) is 18.0 Å². The van der Waals surface area contributed by atoms with Gasteiger partial charge in [-0.1, -0.05) is 67.7 Å². The molecule has 0 bridgehead atoms. The zero-order chi connectivity index (χ0) is 27.2. The number of amides is 2. The standard InChI is InChI=1S/C25H32Cl3N3O4S/c1-6-22(25(33)29-13-16(2)3)30(14-18-8-10-19(26)11-21(18)28)24(32)15-31(36(5,34)35)23-12-20(27)9-7-17(23)4/h7-12,16,22H,6,13-15H2,1-5H3,(H,29,33). The van der Waals surface area contributed by atoms with Crippen LogP contribution >= 0.6 is 34.8 Å². The average Bonchev–Trinajstić information content (AvgIpc) is 2.78. The molecule has 11 heteroatoms. The third-order valence-corrected chi connectivity index (χ3v) is 7.49. The predicted octanol–water partition coefficient (Wildman–Crippen LogP) is 5.30. The molecule has 0 aliphatic heterocycles. The first kappa shape index (κ1) is 30.2. The first-order valence-corrected chi connectivity index (χ1v) is 14.5. The molecule has 1 N–H and O–H groups in total. The fourth-order valence-electron chi connectivity index (χ4n) is 3.62. The second-order valence-corrected chi connectivity index (χ2v) is 12.2. The minimum absolute atomic E-state index is 0.00539. The van der Waals surface area contributed by atoms with E-state index in [4.69, 9.17) is 34.8 Å². The topological polar surface area (TPSA) is 86.8 Å². The molecule has 0 aromatic heterocycles. The molecule has 1 unspecified atom stereocenters. The summed E-state index contributed by atoms with van der Waals surface area (Å²) in [5.74, 6) is -0.667. The zero-order valence-corrected chi connectivity index (χ0v) is 24.1. The number of nitrogens with zero attached hydrogens (tertiary/aromatic N) is 2. The van der Waals surface area contributed by atoms with Gasteiger partial charge in [-0.3, -0.25) is 13.9 Å². The lowest BCUT2D eigenvalue weighted by Crippen LogP contribution is -2.52. The van der Waals surface area contributed by atoms with Crippen molar-refractivity contribution in [2.45, 2.75) is 46.7 Å². The Kier molecular flexibility index (Phi) is 10.9. The second kappa shape index (κ2) is 13.0. The van der Waals surface area contributed by atoms with Crippen molar-refractivity contribution in [3.05, 3.63) is 62.6 Å². The molecule has 2 amide bonds. The smallest absolute Gasteiger partial charge is 0.244 e. The van der Waals surface area contributed by atoms with Gasteiger partial charge in [-0.25, -0.2) is 8.42 Å². The number of rotatable bonds is 11. The Morgan fingerprint density at radius 3 is 2.19 bits per heavy atom. The highest BCUT2D eigenvalue weighted by atomic mass is 35.5. The molecule has 0 spiro atoms. The Hall–Kier alpha value is -2.00. The molecular formula is C25H32Cl3N3O4S. The Labute approximate surface area is 228 Å². The molecule has 0 saturated heterocycles. The third-order valence-electron chi connectivity index (χ3n) is 5.55. The van der Waals surface area contributed by atoms with Gasteiger partial charge in [-0.15, -0.1) is 0 Å². The summed E-state index contributed by atoms with van der Waals surface area (Å²) in [6.07, 6.45) is 1.34. The van der Waals surface area contributed by atoms with Crippen molar-refractivity contribution in [3.8, 4) is 0 Å². The number of carbonyl (C=O) groups excluding carboxylic acids is 2. The van der Waals surface area contributed by atoms with Gasteiger partial charge < -0.3 is 10.2 Å². The van der Waals surface area contributed by atoms with Gasteiger partial charge in [-0.05, 0) is 54.7 Å². The number of hydrogen-bond acceptors (Lipinski definition) is 4. The third kappa shape index (κ3) is 8.26. The molecule has 2 rings (SSSR count). The summed E-state index contributed by atoms with van der Waals surface area (Å²) in [7, 11) is -3.86. The molecule has 1 atom stereocenters. The fourth-order valence-corrected chi connectivity index (χ4v) is 5.15. The summed E-state index contributed by atoms with van der Waals surface area (Å²) in [6.45, 7) is 7.38. The van der Waals surface area contributed by atoms with E-state index in [1.54, 1.807) is 44.2 Å². The van der Waals surface area contributed by atoms with Crippen LogP contribution in [0.1, 0.15) is 38.3 Å². The molecule has 0 heterocycles. The second-order valence-electron chi connectivity index (χ2n) is 9.02.